The number of allylic oxidation sites excluding steroid dienone is 2. The number of hydrogen-bond donors (Lipinski definition) is 0. The van der Waals surface area contributed by atoms with Gasteiger partial charge in [-0.15, -0.1) is 0 Å². The highest BCUT2D eigenvalue weighted by atomic mass is 16.5. The number of carbonyl (C=O) groups excluding carboxylic acids is 2. The highest BCUT2D eigenvalue weighted by Crippen LogP contribution is 2.20. The predicted molar refractivity (Wildman–Crippen MR) is 62.0 cm³/mol. The summed E-state index contributed by atoms with van der Waals surface area (Å²) in [5, 5.41) is 0. The molecule has 0 saturated heterocycles. The Kier molecular flexibility index (Phi) is 5.83. The summed E-state index contributed by atoms with van der Waals surface area (Å²) in [4.78, 5) is 22.1. The maximum atomic E-state index is 11.3. The second kappa shape index (κ2) is 7.20. The molecule has 1 aliphatic rings. The van der Waals surface area contributed by atoms with Crippen LogP contribution in [0.3, 0.4) is 0 Å². The van der Waals surface area contributed by atoms with Crippen LogP contribution in [-0.4, -0.2) is 18.9 Å². The van der Waals surface area contributed by atoms with Gasteiger partial charge in [-0.2, -0.15) is 0 Å². The molecule has 90 valence electrons. The molecule has 3 nitrogen and oxygen atoms in total. The largest absolute Gasteiger partial charge is 0.469 e. The zero-order chi connectivity index (χ0) is 11.8. The normalized spacial score (nSPS) is 15.1. The predicted octanol–water partition coefficient (Wildman–Crippen LogP) is 2.79. The van der Waals surface area contributed by atoms with Crippen molar-refractivity contribution in [2.45, 2.75) is 51.4 Å². The number of ether oxygens (including phenoxy) is 1. The molecule has 0 aromatic carbocycles. The highest BCUT2D eigenvalue weighted by molar-refractivity contribution is 5.97. The molecule has 1 rings (SSSR count). The summed E-state index contributed by atoms with van der Waals surface area (Å²) in [7, 11) is 1.42. The van der Waals surface area contributed by atoms with E-state index in [-0.39, 0.29) is 5.97 Å². The molecule has 3 heteroatoms. The molecule has 0 aromatic heterocycles. The number of carbonyl (C=O) groups is 2. The minimum Gasteiger partial charge on any atom is -0.469 e. The zero-order valence-electron chi connectivity index (χ0n) is 9.96. The molecular weight excluding hydrogens is 204 g/mol. The molecule has 0 amide bonds. The van der Waals surface area contributed by atoms with E-state index in [0.29, 0.717) is 18.6 Å². The minimum atomic E-state index is -0.131. The minimum absolute atomic E-state index is 0.131. The van der Waals surface area contributed by atoms with Gasteiger partial charge in [-0.05, 0) is 31.3 Å². The van der Waals surface area contributed by atoms with Gasteiger partial charge in [-0.3, -0.25) is 9.59 Å². The molecule has 16 heavy (non-hydrogen) atoms. The first-order valence-electron chi connectivity index (χ1n) is 6.03. The number of methoxy groups -OCH3 is 1. The van der Waals surface area contributed by atoms with Crippen molar-refractivity contribution in [3.63, 3.8) is 0 Å². The molecule has 0 fully saturated rings. The van der Waals surface area contributed by atoms with E-state index in [9.17, 15) is 9.59 Å². The fraction of sp³-hybridized carbons (Fsp3) is 0.692. The Hall–Kier alpha value is -1.12. The Morgan fingerprint density at radius 1 is 1.31 bits per heavy atom. The monoisotopic (exact) mass is 224 g/mol. The first-order chi connectivity index (χ1) is 7.74. The lowest BCUT2D eigenvalue weighted by molar-refractivity contribution is -0.140. The van der Waals surface area contributed by atoms with E-state index in [0.717, 1.165) is 44.1 Å². The molecule has 0 atom stereocenters. The molecule has 0 heterocycles. The van der Waals surface area contributed by atoms with Crippen LogP contribution >= 0.6 is 0 Å². The third-order valence-corrected chi connectivity index (χ3v) is 2.92. The Bertz CT molecular complexity index is 279. The van der Waals surface area contributed by atoms with Gasteiger partial charge in [0.25, 0.3) is 0 Å². The first kappa shape index (κ1) is 12.9. The third-order valence-electron chi connectivity index (χ3n) is 2.92. The summed E-state index contributed by atoms with van der Waals surface area (Å²) < 4.78 is 4.56. The van der Waals surface area contributed by atoms with Crippen molar-refractivity contribution in [3.05, 3.63) is 11.6 Å². The third kappa shape index (κ3) is 4.60. The van der Waals surface area contributed by atoms with Crippen LogP contribution in [0.2, 0.25) is 0 Å². The van der Waals surface area contributed by atoms with Gasteiger partial charge in [-0.25, -0.2) is 0 Å². The van der Waals surface area contributed by atoms with Crippen LogP contribution in [0, 0.1) is 0 Å². The lowest BCUT2D eigenvalue weighted by atomic mass is 10.0. The molecule has 0 radical (unpaired) electrons. The second-order valence-electron chi connectivity index (χ2n) is 4.18. The van der Waals surface area contributed by atoms with Gasteiger partial charge in [0.1, 0.15) is 0 Å². The van der Waals surface area contributed by atoms with E-state index in [1.165, 1.54) is 7.11 Å². The molecule has 0 spiro atoms. The van der Waals surface area contributed by atoms with Gasteiger partial charge in [0, 0.05) is 12.8 Å². The average molecular weight is 224 g/mol. The van der Waals surface area contributed by atoms with Gasteiger partial charge < -0.3 is 4.74 Å². The molecule has 0 unspecified atom stereocenters. The maximum absolute atomic E-state index is 11.3. The second-order valence-corrected chi connectivity index (χ2v) is 4.18. The van der Waals surface area contributed by atoms with Crippen LogP contribution in [0.1, 0.15) is 51.4 Å². The molecule has 0 aliphatic heterocycles. The standard InChI is InChI=1S/C13H20O3/c1-16-13(15)10-5-3-2-4-7-11-8-6-9-12(11)14/h8H,2-7,9-10H2,1H3. The Labute approximate surface area is 96.9 Å². The van der Waals surface area contributed by atoms with Crippen molar-refractivity contribution in [2.75, 3.05) is 7.11 Å². The van der Waals surface area contributed by atoms with E-state index >= 15 is 0 Å². The van der Waals surface area contributed by atoms with E-state index in [1.807, 2.05) is 0 Å². The topological polar surface area (TPSA) is 43.4 Å². The summed E-state index contributed by atoms with van der Waals surface area (Å²) in [5.41, 5.74) is 1.02. The quantitative estimate of drug-likeness (QED) is 0.493. The first-order valence-corrected chi connectivity index (χ1v) is 6.03. The Morgan fingerprint density at radius 3 is 2.69 bits per heavy atom. The lowest BCUT2D eigenvalue weighted by Crippen LogP contribution is -1.99. The summed E-state index contributed by atoms with van der Waals surface area (Å²) in [6.07, 6.45) is 9.19. The summed E-state index contributed by atoms with van der Waals surface area (Å²) in [5.74, 6) is 0.197. The number of ketones is 1. The summed E-state index contributed by atoms with van der Waals surface area (Å²) in [6, 6.07) is 0. The van der Waals surface area contributed by atoms with Crippen molar-refractivity contribution < 1.29 is 14.3 Å². The van der Waals surface area contributed by atoms with Crippen molar-refractivity contribution in [2.24, 2.45) is 0 Å². The number of Topliss-reactive ketones (excluding diaryl/α,β-unsaturated/α-hetero) is 1. The van der Waals surface area contributed by atoms with Crippen molar-refractivity contribution >= 4 is 11.8 Å². The number of hydrogen-bond acceptors (Lipinski definition) is 3. The van der Waals surface area contributed by atoms with Crippen molar-refractivity contribution in [1.82, 2.24) is 0 Å². The van der Waals surface area contributed by atoms with Gasteiger partial charge in [0.2, 0.25) is 0 Å². The van der Waals surface area contributed by atoms with E-state index in [2.05, 4.69) is 10.8 Å². The Balaban J connectivity index is 1.96. The van der Waals surface area contributed by atoms with Crippen LogP contribution in [0.4, 0.5) is 0 Å². The summed E-state index contributed by atoms with van der Waals surface area (Å²) >= 11 is 0. The van der Waals surface area contributed by atoms with Gasteiger partial charge in [0.05, 0.1) is 7.11 Å². The lowest BCUT2D eigenvalue weighted by Gasteiger charge is -2.01. The smallest absolute Gasteiger partial charge is 0.305 e. The van der Waals surface area contributed by atoms with Gasteiger partial charge >= 0.3 is 5.97 Å². The molecule has 0 aromatic rings. The molecule has 1 aliphatic carbocycles. The zero-order valence-corrected chi connectivity index (χ0v) is 9.96. The summed E-state index contributed by atoms with van der Waals surface area (Å²) in [6.45, 7) is 0. The molecular formula is C13H20O3. The van der Waals surface area contributed by atoms with Gasteiger partial charge in [-0.1, -0.05) is 18.9 Å². The van der Waals surface area contributed by atoms with Crippen LogP contribution in [-0.2, 0) is 14.3 Å². The van der Waals surface area contributed by atoms with Gasteiger partial charge in [0.15, 0.2) is 5.78 Å². The number of rotatable bonds is 7. The molecule has 0 saturated carbocycles. The maximum Gasteiger partial charge on any atom is 0.305 e. The fourth-order valence-electron chi connectivity index (χ4n) is 1.93. The SMILES string of the molecule is COC(=O)CCCCCCC1=CCCC1=O. The number of esters is 1. The van der Waals surface area contributed by atoms with Crippen LogP contribution < -0.4 is 0 Å². The van der Waals surface area contributed by atoms with Crippen LogP contribution in [0.15, 0.2) is 11.6 Å². The van der Waals surface area contributed by atoms with E-state index in [4.69, 9.17) is 0 Å². The van der Waals surface area contributed by atoms with Crippen LogP contribution in [0.5, 0.6) is 0 Å². The highest BCUT2D eigenvalue weighted by Gasteiger charge is 2.13. The molecule has 0 bridgehead atoms. The van der Waals surface area contributed by atoms with Crippen molar-refractivity contribution in [3.8, 4) is 0 Å². The van der Waals surface area contributed by atoms with Crippen molar-refractivity contribution in [1.29, 1.82) is 0 Å². The van der Waals surface area contributed by atoms with E-state index < -0.39 is 0 Å². The Morgan fingerprint density at radius 2 is 2.06 bits per heavy atom. The average Bonchev–Trinajstić information content (AvgIpc) is 2.69. The van der Waals surface area contributed by atoms with Crippen LogP contribution in [0.25, 0.3) is 0 Å². The molecule has 0 N–H and O–H groups in total. The number of unbranched alkanes of at least 4 members (excludes halogenated alkanes) is 3. The fourth-order valence-corrected chi connectivity index (χ4v) is 1.93. The van der Waals surface area contributed by atoms with E-state index in [1.54, 1.807) is 0 Å².